The normalized spacial score (nSPS) is 13.8. The van der Waals surface area contributed by atoms with Crippen LogP contribution in [-0.4, -0.2) is 23.1 Å². The van der Waals surface area contributed by atoms with E-state index >= 15 is 0 Å². The van der Waals surface area contributed by atoms with Crippen LogP contribution in [0.1, 0.15) is 36.1 Å². The Kier molecular flexibility index (Phi) is 6.26. The van der Waals surface area contributed by atoms with Crippen molar-refractivity contribution in [2.75, 3.05) is 4.90 Å². The summed E-state index contributed by atoms with van der Waals surface area (Å²) in [4.78, 5) is 2.39. The van der Waals surface area contributed by atoms with Crippen LogP contribution in [0.5, 0.6) is 0 Å². The molecule has 0 unspecified atom stereocenters. The summed E-state index contributed by atoms with van der Waals surface area (Å²) in [6.45, 7) is 8.86. The summed E-state index contributed by atoms with van der Waals surface area (Å²) in [5.74, 6) is 0. The molecule has 1 nitrogen and oxygen atoms in total. The maximum Gasteiger partial charge on any atom is 2.00 e. The van der Waals surface area contributed by atoms with Gasteiger partial charge in [-0.2, -0.15) is 17.2 Å². The van der Waals surface area contributed by atoms with Gasteiger partial charge in [0, 0.05) is 16.8 Å². The van der Waals surface area contributed by atoms with Gasteiger partial charge >= 0.3 is 23.1 Å². The molecule has 4 rings (SSSR count). The Morgan fingerprint density at radius 2 is 1.19 bits per heavy atom. The number of hydrogen-bond acceptors (Lipinski definition) is 1. The quantitative estimate of drug-likeness (QED) is 0.436. The van der Waals surface area contributed by atoms with Crippen molar-refractivity contribution >= 4 is 40.1 Å². The Hall–Kier alpha value is -1.29. The molecule has 0 N–H and O–H groups in total. The first-order valence-electron chi connectivity index (χ1n) is 8.48. The van der Waals surface area contributed by atoms with Crippen LogP contribution in [0.3, 0.4) is 0 Å². The Morgan fingerprint density at radius 1 is 0.769 bits per heavy atom. The van der Waals surface area contributed by atoms with E-state index in [1.165, 1.54) is 39.3 Å². The molecule has 3 heteroatoms. The Labute approximate surface area is 183 Å². The van der Waals surface area contributed by atoms with E-state index in [9.17, 15) is 0 Å². The van der Waals surface area contributed by atoms with Gasteiger partial charge in [0.25, 0.3) is 0 Å². The number of hydrogen-bond donors (Lipinski definition) is 0. The molecule has 1 aliphatic heterocycles. The molecule has 0 aromatic heterocycles. The summed E-state index contributed by atoms with van der Waals surface area (Å²) in [6, 6.07) is 25.3. The van der Waals surface area contributed by atoms with Gasteiger partial charge in [-0.25, -0.2) is 0 Å². The summed E-state index contributed by atoms with van der Waals surface area (Å²) in [7, 11) is 0. The molecule has 0 amide bonds. The van der Waals surface area contributed by atoms with E-state index in [0.717, 1.165) is 0 Å². The molecule has 3 aromatic rings. The summed E-state index contributed by atoms with van der Waals surface area (Å²) >= 11 is 0. The van der Waals surface area contributed by atoms with Crippen LogP contribution in [0.25, 0.3) is 0 Å². The maximum atomic E-state index is 3.39. The van der Waals surface area contributed by atoms with Crippen LogP contribution in [0, 0.1) is 19.9 Å². The van der Waals surface area contributed by atoms with Crippen molar-refractivity contribution in [3.63, 3.8) is 0 Å². The molecule has 3 aromatic carbocycles. The summed E-state index contributed by atoms with van der Waals surface area (Å²) in [5, 5.41) is 0. The number of rotatable bonds is 1. The van der Waals surface area contributed by atoms with E-state index in [1.807, 2.05) is 0 Å². The molecular formula is C23H22BrMgN. The minimum atomic E-state index is -0.00528. The molecule has 0 radical (unpaired) electrons. The standard InChI is InChI=1S/C23H22N.BrH.Mg/c1-16-13-17(2)15-18(14-16)24-21-11-7-5-9-19(21)23(3,4)20-10-6-8-12-22(20)24;;/h5-12,14-15H,1-4H3;1H;/q-1;;+2/p-1. The second kappa shape index (κ2) is 7.75. The Morgan fingerprint density at radius 3 is 1.65 bits per heavy atom. The van der Waals surface area contributed by atoms with Gasteiger partial charge in [-0.15, -0.1) is 12.1 Å². The SMILES string of the molecule is Cc1[c-]c(C)cc(N2c3ccccc3C(C)(C)c3ccccc32)c1.[Br-].[Mg+2]. The zero-order chi connectivity index (χ0) is 16.9. The second-order valence-electron chi connectivity index (χ2n) is 7.20. The minimum Gasteiger partial charge on any atom is -1.00 e. The van der Waals surface area contributed by atoms with Gasteiger partial charge in [-0.3, -0.25) is 0 Å². The Balaban J connectivity index is 0.00000121. The topological polar surface area (TPSA) is 3.24 Å². The Bertz CT molecular complexity index is 863. The molecule has 1 aliphatic rings. The molecule has 0 aliphatic carbocycles. The third-order valence-electron chi connectivity index (χ3n) is 5.02. The third-order valence-corrected chi connectivity index (χ3v) is 5.02. The predicted octanol–water partition coefficient (Wildman–Crippen LogP) is 2.84. The smallest absolute Gasteiger partial charge is 1.00 e. The van der Waals surface area contributed by atoms with Crippen molar-refractivity contribution in [1.82, 2.24) is 0 Å². The van der Waals surface area contributed by atoms with Crippen molar-refractivity contribution < 1.29 is 17.0 Å². The van der Waals surface area contributed by atoms with Gasteiger partial charge in [-0.1, -0.05) is 69.8 Å². The van der Waals surface area contributed by atoms with Crippen LogP contribution >= 0.6 is 0 Å². The first kappa shape index (κ1) is 21.0. The van der Waals surface area contributed by atoms with Crippen LogP contribution in [0.4, 0.5) is 17.1 Å². The average molecular weight is 417 g/mol. The van der Waals surface area contributed by atoms with Crippen LogP contribution < -0.4 is 21.9 Å². The number of aryl methyl sites for hydroxylation is 2. The number of halogens is 1. The van der Waals surface area contributed by atoms with Gasteiger partial charge in [-0.05, 0) is 23.3 Å². The van der Waals surface area contributed by atoms with Gasteiger partial charge in [0.2, 0.25) is 0 Å². The molecule has 1 heterocycles. The fourth-order valence-electron chi connectivity index (χ4n) is 3.94. The molecule has 0 atom stereocenters. The first-order valence-corrected chi connectivity index (χ1v) is 8.48. The molecule has 0 fully saturated rings. The van der Waals surface area contributed by atoms with Crippen molar-refractivity contribution in [3.05, 3.63) is 89.0 Å². The predicted molar refractivity (Wildman–Crippen MR) is 107 cm³/mol. The monoisotopic (exact) mass is 415 g/mol. The number of anilines is 3. The maximum absolute atomic E-state index is 3.39. The molecule has 0 saturated heterocycles. The molecular weight excluding hydrogens is 394 g/mol. The van der Waals surface area contributed by atoms with E-state index in [-0.39, 0.29) is 45.4 Å². The van der Waals surface area contributed by atoms with E-state index in [1.54, 1.807) is 0 Å². The van der Waals surface area contributed by atoms with E-state index in [4.69, 9.17) is 0 Å². The van der Waals surface area contributed by atoms with E-state index < -0.39 is 0 Å². The fourth-order valence-corrected chi connectivity index (χ4v) is 3.94. The zero-order valence-corrected chi connectivity index (χ0v) is 18.8. The first-order chi connectivity index (χ1) is 11.5. The van der Waals surface area contributed by atoms with E-state index in [0.29, 0.717) is 0 Å². The molecule has 0 bridgehead atoms. The van der Waals surface area contributed by atoms with Crippen molar-refractivity contribution in [2.45, 2.75) is 33.1 Å². The van der Waals surface area contributed by atoms with Crippen molar-refractivity contribution in [2.24, 2.45) is 0 Å². The number of nitrogens with zero attached hydrogens (tertiary/aromatic N) is 1. The number of fused-ring (bicyclic) bond motifs is 2. The van der Waals surface area contributed by atoms with Crippen LogP contribution in [-0.2, 0) is 5.41 Å². The second-order valence-corrected chi connectivity index (χ2v) is 7.20. The van der Waals surface area contributed by atoms with Crippen LogP contribution in [0.15, 0.2) is 60.7 Å². The third kappa shape index (κ3) is 3.33. The molecule has 0 spiro atoms. The number of benzene rings is 3. The van der Waals surface area contributed by atoms with Crippen molar-refractivity contribution in [3.8, 4) is 0 Å². The average Bonchev–Trinajstić information content (AvgIpc) is 2.54. The fraction of sp³-hybridized carbons (Fsp3) is 0.217. The van der Waals surface area contributed by atoms with Gasteiger partial charge in [0.15, 0.2) is 0 Å². The molecule has 128 valence electrons. The molecule has 0 saturated carbocycles. The number of para-hydroxylation sites is 2. The summed E-state index contributed by atoms with van der Waals surface area (Å²) < 4.78 is 0. The van der Waals surface area contributed by atoms with Crippen LogP contribution in [0.2, 0.25) is 0 Å². The van der Waals surface area contributed by atoms with E-state index in [2.05, 4.69) is 99.3 Å². The summed E-state index contributed by atoms with van der Waals surface area (Å²) in [5.41, 5.74) is 8.82. The van der Waals surface area contributed by atoms with Gasteiger partial charge in [0.05, 0.1) is 0 Å². The van der Waals surface area contributed by atoms with Gasteiger partial charge in [0.1, 0.15) is 0 Å². The van der Waals surface area contributed by atoms with Crippen molar-refractivity contribution in [1.29, 1.82) is 0 Å². The zero-order valence-electron chi connectivity index (χ0n) is 15.8. The van der Waals surface area contributed by atoms with Gasteiger partial charge < -0.3 is 21.9 Å². The molecule has 26 heavy (non-hydrogen) atoms. The largest absolute Gasteiger partial charge is 2.00 e. The minimum absolute atomic E-state index is 0. The summed E-state index contributed by atoms with van der Waals surface area (Å²) in [6.07, 6.45) is 0.